The van der Waals surface area contributed by atoms with Crippen LogP contribution < -0.4 is 16.8 Å². The molecule has 168 valence electrons. The first-order chi connectivity index (χ1) is 15.4. The number of nitrogens with two attached hydrogens (primary N) is 2. The molecule has 1 saturated carbocycles. The average molecular weight is 449 g/mol. The van der Waals surface area contributed by atoms with Gasteiger partial charge in [0.15, 0.2) is 0 Å². The highest BCUT2D eigenvalue weighted by atomic mass is 32.1. The van der Waals surface area contributed by atoms with Gasteiger partial charge < -0.3 is 27.6 Å². The fourth-order valence-corrected chi connectivity index (χ4v) is 4.34. The highest BCUT2D eigenvalue weighted by Crippen LogP contribution is 2.21. The van der Waals surface area contributed by atoms with Crippen LogP contribution in [0.15, 0.2) is 42.5 Å². The lowest BCUT2D eigenvalue weighted by Crippen LogP contribution is -2.37. The van der Waals surface area contributed by atoms with E-state index < -0.39 is 0 Å². The Balaban J connectivity index is 1.65. The van der Waals surface area contributed by atoms with Crippen molar-refractivity contribution in [1.82, 2.24) is 5.32 Å². The van der Waals surface area contributed by atoms with Gasteiger partial charge in [0.05, 0.1) is 11.4 Å². The van der Waals surface area contributed by atoms with Crippen molar-refractivity contribution in [3.05, 3.63) is 64.7 Å². The highest BCUT2D eigenvalue weighted by molar-refractivity contribution is 7.79. The number of rotatable bonds is 10. The van der Waals surface area contributed by atoms with Crippen LogP contribution in [0.25, 0.3) is 0 Å². The SMILES string of the molecule is N=CC(C=S)c1ccc(N)c(C(=N)C(=N)Cc2cccc(CNC3CCC(N)CC3)c2)c1. The number of anilines is 1. The van der Waals surface area contributed by atoms with E-state index in [1.165, 1.54) is 17.1 Å². The third-order valence-electron chi connectivity index (χ3n) is 6.10. The standard InChI is InChI=1S/C25H32N6S/c26-13-19(15-32)18-4-9-23(28)22(12-18)25(30)24(29)11-16-2-1-3-17(10-16)14-31-21-7-5-20(27)6-8-21/h1-4,9-10,12-13,15,19-21,26,29-31H,5-8,11,14,27-28H2. The molecular weight excluding hydrogens is 416 g/mol. The monoisotopic (exact) mass is 448 g/mol. The van der Waals surface area contributed by atoms with E-state index in [9.17, 15) is 0 Å². The van der Waals surface area contributed by atoms with Gasteiger partial charge in [-0.2, -0.15) is 0 Å². The summed E-state index contributed by atoms with van der Waals surface area (Å²) < 4.78 is 0. The maximum atomic E-state index is 8.54. The molecule has 7 heteroatoms. The molecule has 1 unspecified atom stereocenters. The lowest BCUT2D eigenvalue weighted by atomic mass is 9.91. The molecule has 2 aromatic rings. The second-order valence-corrected chi connectivity index (χ2v) is 8.79. The van der Waals surface area contributed by atoms with Crippen LogP contribution >= 0.6 is 12.2 Å². The second-order valence-electron chi connectivity index (χ2n) is 8.52. The molecule has 1 aliphatic carbocycles. The molecule has 3 rings (SSSR count). The first-order valence-electron chi connectivity index (χ1n) is 11.0. The van der Waals surface area contributed by atoms with Gasteiger partial charge in [-0.25, -0.2) is 0 Å². The van der Waals surface area contributed by atoms with Gasteiger partial charge in [0.1, 0.15) is 0 Å². The van der Waals surface area contributed by atoms with Crippen LogP contribution in [-0.2, 0) is 13.0 Å². The molecule has 0 aliphatic heterocycles. The maximum Gasteiger partial charge on any atom is 0.0844 e. The summed E-state index contributed by atoms with van der Waals surface area (Å²) in [6.07, 6.45) is 6.00. The number of thiocarbonyl (C=S) groups is 1. The van der Waals surface area contributed by atoms with Crippen LogP contribution in [0.1, 0.15) is 53.9 Å². The first-order valence-corrected chi connectivity index (χ1v) is 11.5. The predicted octanol–water partition coefficient (Wildman–Crippen LogP) is 3.99. The van der Waals surface area contributed by atoms with Gasteiger partial charge in [0.25, 0.3) is 0 Å². The van der Waals surface area contributed by atoms with Gasteiger partial charge in [-0.15, -0.1) is 0 Å². The van der Waals surface area contributed by atoms with Crippen molar-refractivity contribution in [2.45, 2.75) is 56.7 Å². The van der Waals surface area contributed by atoms with Crippen LogP contribution in [0, 0.1) is 16.2 Å². The van der Waals surface area contributed by atoms with E-state index in [-0.39, 0.29) is 17.3 Å². The minimum Gasteiger partial charge on any atom is -0.398 e. The van der Waals surface area contributed by atoms with E-state index in [0.29, 0.717) is 29.8 Å². The van der Waals surface area contributed by atoms with Crippen molar-refractivity contribution in [3.63, 3.8) is 0 Å². The van der Waals surface area contributed by atoms with Crippen LogP contribution in [0.2, 0.25) is 0 Å². The van der Waals surface area contributed by atoms with Gasteiger partial charge in [-0.3, -0.25) is 5.41 Å². The fourth-order valence-electron chi connectivity index (χ4n) is 4.10. The Kier molecular flexibility index (Phi) is 8.39. The Morgan fingerprint density at radius 1 is 1.09 bits per heavy atom. The molecule has 0 saturated heterocycles. The third-order valence-corrected chi connectivity index (χ3v) is 6.39. The van der Waals surface area contributed by atoms with E-state index in [0.717, 1.165) is 43.4 Å². The summed E-state index contributed by atoms with van der Waals surface area (Å²) in [5.74, 6) is -0.310. The largest absolute Gasteiger partial charge is 0.398 e. The first kappa shape index (κ1) is 23.9. The Bertz CT molecular complexity index is 986. The Morgan fingerprint density at radius 3 is 2.50 bits per heavy atom. The zero-order valence-corrected chi connectivity index (χ0v) is 19.1. The van der Waals surface area contributed by atoms with Gasteiger partial charge in [-0.05, 0) is 59.9 Å². The number of hydrogen-bond donors (Lipinski definition) is 6. The molecule has 0 radical (unpaired) electrons. The normalized spacial score (nSPS) is 19.2. The van der Waals surface area contributed by atoms with E-state index in [1.807, 2.05) is 18.2 Å². The molecule has 2 aromatic carbocycles. The van der Waals surface area contributed by atoms with Crippen molar-refractivity contribution < 1.29 is 0 Å². The Hall–Kier alpha value is -2.74. The maximum absolute atomic E-state index is 8.54. The quantitative estimate of drug-likeness (QED) is 0.186. The van der Waals surface area contributed by atoms with E-state index in [1.54, 1.807) is 12.1 Å². The van der Waals surface area contributed by atoms with E-state index >= 15 is 0 Å². The third kappa shape index (κ3) is 6.16. The van der Waals surface area contributed by atoms with Gasteiger partial charge >= 0.3 is 0 Å². The fraction of sp³-hybridized carbons (Fsp3) is 0.360. The molecule has 0 amide bonds. The second kappa shape index (κ2) is 11.2. The summed E-state index contributed by atoms with van der Waals surface area (Å²) in [6, 6.07) is 14.3. The smallest absolute Gasteiger partial charge is 0.0844 e. The number of nitrogens with one attached hydrogen (secondary N) is 4. The van der Waals surface area contributed by atoms with Crippen LogP contribution in [0.3, 0.4) is 0 Å². The van der Waals surface area contributed by atoms with Gasteiger partial charge in [-0.1, -0.05) is 42.5 Å². The molecular formula is C25H32N6S. The molecule has 32 heavy (non-hydrogen) atoms. The summed E-state index contributed by atoms with van der Waals surface area (Å²) in [7, 11) is 0. The Morgan fingerprint density at radius 2 is 1.81 bits per heavy atom. The van der Waals surface area contributed by atoms with E-state index in [2.05, 4.69) is 17.4 Å². The average Bonchev–Trinajstić information content (AvgIpc) is 2.80. The number of nitrogen functional groups attached to an aromatic ring is 1. The molecule has 1 fully saturated rings. The van der Waals surface area contributed by atoms with Crippen molar-refractivity contribution in [1.29, 1.82) is 16.2 Å². The summed E-state index contributed by atoms with van der Waals surface area (Å²) in [5.41, 5.74) is 16.3. The van der Waals surface area contributed by atoms with Crippen molar-refractivity contribution >= 4 is 40.9 Å². The summed E-state index contributed by atoms with van der Waals surface area (Å²) in [4.78, 5) is 0. The van der Waals surface area contributed by atoms with Crippen molar-refractivity contribution in [2.24, 2.45) is 5.73 Å². The van der Waals surface area contributed by atoms with Crippen molar-refractivity contribution in [3.8, 4) is 0 Å². The van der Waals surface area contributed by atoms with Crippen LogP contribution in [0.4, 0.5) is 5.69 Å². The Labute approximate surface area is 195 Å². The topological polar surface area (TPSA) is 136 Å². The molecule has 1 atom stereocenters. The predicted molar refractivity (Wildman–Crippen MR) is 138 cm³/mol. The zero-order chi connectivity index (χ0) is 23.1. The van der Waals surface area contributed by atoms with Crippen LogP contribution in [0.5, 0.6) is 0 Å². The molecule has 0 bridgehead atoms. The van der Waals surface area contributed by atoms with Crippen LogP contribution in [-0.4, -0.2) is 35.1 Å². The zero-order valence-electron chi connectivity index (χ0n) is 18.2. The summed E-state index contributed by atoms with van der Waals surface area (Å²) >= 11 is 5.00. The lowest BCUT2D eigenvalue weighted by Gasteiger charge is -2.27. The van der Waals surface area contributed by atoms with Gasteiger partial charge in [0, 0.05) is 48.4 Å². The molecule has 0 aromatic heterocycles. The number of hydrogen-bond acceptors (Lipinski definition) is 7. The molecule has 6 nitrogen and oxygen atoms in total. The molecule has 8 N–H and O–H groups in total. The van der Waals surface area contributed by atoms with Gasteiger partial charge in [0.2, 0.25) is 0 Å². The summed E-state index contributed by atoms with van der Waals surface area (Å²) in [5, 5.41) is 29.7. The number of benzene rings is 2. The highest BCUT2D eigenvalue weighted by Gasteiger charge is 2.18. The minimum atomic E-state index is -0.310. The molecule has 1 aliphatic rings. The molecule has 0 spiro atoms. The summed E-state index contributed by atoms with van der Waals surface area (Å²) in [6.45, 7) is 0.788. The minimum absolute atomic E-state index is 0.0968. The van der Waals surface area contributed by atoms with Crippen molar-refractivity contribution in [2.75, 3.05) is 5.73 Å². The molecule has 0 heterocycles. The van der Waals surface area contributed by atoms with E-state index in [4.69, 9.17) is 39.9 Å². The lowest BCUT2D eigenvalue weighted by molar-refractivity contribution is 0.342.